The fourth-order valence-corrected chi connectivity index (χ4v) is 3.54. The Hall–Kier alpha value is -2.34. The molecule has 1 aromatic carbocycles. The highest BCUT2D eigenvalue weighted by atomic mass is 32.1. The van der Waals surface area contributed by atoms with Crippen LogP contribution in [0, 0.1) is 5.92 Å². The molecule has 0 atom stereocenters. The number of ether oxygens (including phenoxy) is 2. The van der Waals surface area contributed by atoms with E-state index in [-0.39, 0.29) is 18.4 Å². The van der Waals surface area contributed by atoms with E-state index in [9.17, 15) is 9.59 Å². The number of hydrogen-bond acceptors (Lipinski definition) is 5. The normalized spacial score (nSPS) is 13.3. The van der Waals surface area contributed by atoms with Gasteiger partial charge in [-0.2, -0.15) is 0 Å². The van der Waals surface area contributed by atoms with Crippen LogP contribution in [0.1, 0.15) is 43.5 Å². The first kappa shape index (κ1) is 18.5. The number of hydrogen-bond donors (Lipinski definition) is 1. The van der Waals surface area contributed by atoms with Crippen molar-refractivity contribution >= 4 is 28.2 Å². The van der Waals surface area contributed by atoms with E-state index in [0.717, 1.165) is 36.1 Å². The van der Waals surface area contributed by atoms with Crippen molar-refractivity contribution in [1.82, 2.24) is 0 Å². The summed E-state index contributed by atoms with van der Waals surface area (Å²) >= 11 is 1.35. The van der Waals surface area contributed by atoms with Crippen LogP contribution in [0.5, 0.6) is 5.75 Å². The number of benzene rings is 1. The van der Waals surface area contributed by atoms with Crippen molar-refractivity contribution in [2.45, 2.75) is 33.1 Å². The second-order valence-electron chi connectivity index (χ2n) is 6.21. The summed E-state index contributed by atoms with van der Waals surface area (Å²) in [6, 6.07) is 7.62. The van der Waals surface area contributed by atoms with E-state index in [1.165, 1.54) is 11.3 Å². The van der Waals surface area contributed by atoms with Gasteiger partial charge in [-0.05, 0) is 43.9 Å². The molecule has 5 nitrogen and oxygen atoms in total. The molecule has 6 heteroatoms. The standard InChI is InChI=1S/C20H23NO4S/c1-3-11-25-15-9-7-13(8-10-15)16-12-26-19(17(16)20(23)24-4-2)21-18(22)14-5-6-14/h7-10,12,14H,3-6,11H2,1-2H3,(H,21,22). The van der Waals surface area contributed by atoms with Gasteiger partial charge < -0.3 is 14.8 Å². The zero-order chi connectivity index (χ0) is 18.5. The molecule has 1 aliphatic rings. The predicted octanol–water partition coefficient (Wildman–Crippen LogP) is 4.73. The third kappa shape index (κ3) is 4.25. The molecule has 1 amide bonds. The van der Waals surface area contributed by atoms with Gasteiger partial charge in [-0.3, -0.25) is 4.79 Å². The van der Waals surface area contributed by atoms with Gasteiger partial charge in [0.2, 0.25) is 5.91 Å². The van der Waals surface area contributed by atoms with Crippen molar-refractivity contribution in [3.05, 3.63) is 35.2 Å². The highest BCUT2D eigenvalue weighted by Crippen LogP contribution is 2.38. The second kappa shape index (κ2) is 8.36. The average molecular weight is 373 g/mol. The van der Waals surface area contributed by atoms with E-state index in [0.29, 0.717) is 17.2 Å². The Bertz CT molecular complexity index is 778. The fraction of sp³-hybridized carbons (Fsp3) is 0.400. The maximum absolute atomic E-state index is 12.5. The van der Waals surface area contributed by atoms with Crippen LogP contribution in [0.25, 0.3) is 11.1 Å². The zero-order valence-corrected chi connectivity index (χ0v) is 15.9. The number of rotatable bonds is 8. The Morgan fingerprint density at radius 3 is 2.54 bits per heavy atom. The molecule has 2 aromatic rings. The Morgan fingerprint density at radius 2 is 1.92 bits per heavy atom. The molecule has 0 unspecified atom stereocenters. The van der Waals surface area contributed by atoms with Gasteiger partial charge in [0, 0.05) is 16.9 Å². The topological polar surface area (TPSA) is 64.6 Å². The Kier molecular flexibility index (Phi) is 5.93. The van der Waals surface area contributed by atoms with Gasteiger partial charge in [-0.1, -0.05) is 19.1 Å². The second-order valence-corrected chi connectivity index (χ2v) is 7.09. The number of carbonyl (C=O) groups excluding carboxylic acids is 2. The van der Waals surface area contributed by atoms with Crippen molar-refractivity contribution < 1.29 is 19.1 Å². The first-order valence-electron chi connectivity index (χ1n) is 8.96. The maximum atomic E-state index is 12.5. The van der Waals surface area contributed by atoms with Crippen molar-refractivity contribution in [3.8, 4) is 16.9 Å². The molecule has 0 spiro atoms. The average Bonchev–Trinajstić information content (AvgIpc) is 3.42. The summed E-state index contributed by atoms with van der Waals surface area (Å²) in [4.78, 5) is 24.6. The van der Waals surface area contributed by atoms with Gasteiger partial charge >= 0.3 is 5.97 Å². The first-order valence-corrected chi connectivity index (χ1v) is 9.84. The first-order chi connectivity index (χ1) is 12.6. The van der Waals surface area contributed by atoms with E-state index < -0.39 is 5.97 Å². The van der Waals surface area contributed by atoms with E-state index >= 15 is 0 Å². The van der Waals surface area contributed by atoms with Crippen LogP contribution >= 0.6 is 11.3 Å². The summed E-state index contributed by atoms with van der Waals surface area (Å²) in [5.74, 6) is 0.435. The number of anilines is 1. The van der Waals surface area contributed by atoms with Crippen LogP contribution in [0.3, 0.4) is 0 Å². The number of carbonyl (C=O) groups is 2. The predicted molar refractivity (Wildman–Crippen MR) is 103 cm³/mol. The summed E-state index contributed by atoms with van der Waals surface area (Å²) in [5.41, 5.74) is 2.08. The molecule has 0 radical (unpaired) electrons. The number of thiophene rings is 1. The van der Waals surface area contributed by atoms with E-state index in [1.54, 1.807) is 6.92 Å². The summed E-state index contributed by atoms with van der Waals surface area (Å²) in [6.07, 6.45) is 2.78. The summed E-state index contributed by atoms with van der Waals surface area (Å²) in [7, 11) is 0. The molecule has 1 aliphatic carbocycles. The SMILES string of the molecule is CCCOc1ccc(-c2csc(NC(=O)C3CC3)c2C(=O)OCC)cc1. The lowest BCUT2D eigenvalue weighted by molar-refractivity contribution is -0.117. The van der Waals surface area contributed by atoms with Crippen LogP contribution in [0.2, 0.25) is 0 Å². The smallest absolute Gasteiger partial charge is 0.341 e. The van der Waals surface area contributed by atoms with Crippen LogP contribution in [-0.2, 0) is 9.53 Å². The molecular formula is C20H23NO4S. The fourth-order valence-electron chi connectivity index (χ4n) is 2.58. The summed E-state index contributed by atoms with van der Waals surface area (Å²) in [5, 5.41) is 5.34. The molecule has 26 heavy (non-hydrogen) atoms. The van der Waals surface area contributed by atoms with E-state index in [1.807, 2.05) is 29.6 Å². The minimum absolute atomic E-state index is 0.0211. The monoisotopic (exact) mass is 373 g/mol. The molecule has 0 saturated heterocycles. The Labute approximate surface area is 157 Å². The van der Waals surface area contributed by atoms with Crippen LogP contribution in [0.4, 0.5) is 5.00 Å². The Balaban J connectivity index is 1.88. The number of esters is 1. The molecule has 1 fully saturated rings. The minimum atomic E-state index is -0.416. The highest BCUT2D eigenvalue weighted by Gasteiger charge is 2.31. The lowest BCUT2D eigenvalue weighted by atomic mass is 10.0. The Morgan fingerprint density at radius 1 is 1.19 bits per heavy atom. The molecule has 0 bridgehead atoms. The van der Waals surface area contributed by atoms with Crippen molar-refractivity contribution in [2.24, 2.45) is 5.92 Å². The lowest BCUT2D eigenvalue weighted by Crippen LogP contribution is -2.15. The maximum Gasteiger partial charge on any atom is 0.341 e. The molecule has 1 heterocycles. The number of amides is 1. The van der Waals surface area contributed by atoms with Crippen molar-refractivity contribution in [3.63, 3.8) is 0 Å². The molecule has 3 rings (SSSR count). The van der Waals surface area contributed by atoms with Gasteiger partial charge in [-0.25, -0.2) is 4.79 Å². The van der Waals surface area contributed by atoms with Crippen molar-refractivity contribution in [1.29, 1.82) is 0 Å². The lowest BCUT2D eigenvalue weighted by Gasteiger charge is -2.09. The molecule has 0 aliphatic heterocycles. The molecule has 1 N–H and O–H groups in total. The van der Waals surface area contributed by atoms with E-state index in [4.69, 9.17) is 9.47 Å². The van der Waals surface area contributed by atoms with Crippen LogP contribution in [-0.4, -0.2) is 25.1 Å². The van der Waals surface area contributed by atoms with Gasteiger partial charge in [0.05, 0.1) is 13.2 Å². The van der Waals surface area contributed by atoms with Crippen LogP contribution < -0.4 is 10.1 Å². The van der Waals surface area contributed by atoms with E-state index in [2.05, 4.69) is 12.2 Å². The molecule has 1 aromatic heterocycles. The largest absolute Gasteiger partial charge is 0.494 e. The number of nitrogens with one attached hydrogen (secondary N) is 1. The van der Waals surface area contributed by atoms with Gasteiger partial charge in [0.25, 0.3) is 0 Å². The quantitative estimate of drug-likeness (QED) is 0.680. The third-order valence-corrected chi connectivity index (χ3v) is 4.99. The van der Waals surface area contributed by atoms with Gasteiger partial charge in [0.1, 0.15) is 16.3 Å². The van der Waals surface area contributed by atoms with Gasteiger partial charge in [-0.15, -0.1) is 11.3 Å². The summed E-state index contributed by atoms with van der Waals surface area (Å²) < 4.78 is 10.8. The van der Waals surface area contributed by atoms with Gasteiger partial charge in [0.15, 0.2) is 0 Å². The molecule has 1 saturated carbocycles. The highest BCUT2D eigenvalue weighted by molar-refractivity contribution is 7.15. The summed E-state index contributed by atoms with van der Waals surface area (Å²) in [6.45, 7) is 4.78. The molecular weight excluding hydrogens is 350 g/mol. The molecule has 138 valence electrons. The zero-order valence-electron chi connectivity index (χ0n) is 15.0. The van der Waals surface area contributed by atoms with Crippen molar-refractivity contribution in [2.75, 3.05) is 18.5 Å². The minimum Gasteiger partial charge on any atom is -0.494 e. The van der Waals surface area contributed by atoms with Crippen LogP contribution in [0.15, 0.2) is 29.6 Å². The third-order valence-electron chi connectivity index (χ3n) is 4.09.